The minimum absolute atomic E-state index is 0.0452. The summed E-state index contributed by atoms with van der Waals surface area (Å²) < 4.78 is 11.6. The predicted octanol–water partition coefficient (Wildman–Crippen LogP) is 6.39. The fraction of sp³-hybridized carbons (Fsp3) is 0.323. The molecule has 0 saturated carbocycles. The molecule has 0 aromatic heterocycles. The number of esters is 1. The highest BCUT2D eigenvalue weighted by Gasteiger charge is 2.37. The van der Waals surface area contributed by atoms with Crippen molar-refractivity contribution < 1.29 is 23.9 Å². The van der Waals surface area contributed by atoms with Crippen LogP contribution in [0.4, 0.5) is 5.69 Å². The number of nitrogens with zero attached hydrogens (tertiary/aromatic N) is 1. The highest BCUT2D eigenvalue weighted by molar-refractivity contribution is 6.02. The van der Waals surface area contributed by atoms with Crippen LogP contribution in [0.2, 0.25) is 0 Å². The van der Waals surface area contributed by atoms with Gasteiger partial charge in [0.1, 0.15) is 11.5 Å². The van der Waals surface area contributed by atoms with Crippen LogP contribution < -0.4 is 9.64 Å². The van der Waals surface area contributed by atoms with Gasteiger partial charge in [-0.25, -0.2) is 0 Å². The second-order valence-corrected chi connectivity index (χ2v) is 10.0. The molecule has 37 heavy (non-hydrogen) atoms. The SMILES string of the molecule is Cc1ccc(C(=O)[C@H](C)OC(=O)[C@H]2CC(=O)N(c3ccc(Oc4cc(C)ccc4C(C)C)cc3)C2)cc1. The minimum Gasteiger partial charge on any atom is -0.457 e. The third kappa shape index (κ3) is 6.08. The van der Waals surface area contributed by atoms with Crippen molar-refractivity contribution in [3.05, 3.63) is 89.0 Å². The Bertz CT molecular complexity index is 1290. The van der Waals surface area contributed by atoms with Crippen LogP contribution in [0.5, 0.6) is 11.5 Å². The van der Waals surface area contributed by atoms with Crippen LogP contribution in [0, 0.1) is 19.8 Å². The summed E-state index contributed by atoms with van der Waals surface area (Å²) >= 11 is 0. The zero-order chi connectivity index (χ0) is 26.7. The normalized spacial score (nSPS) is 16.1. The molecule has 0 radical (unpaired) electrons. The number of hydrogen-bond donors (Lipinski definition) is 0. The molecule has 3 aromatic carbocycles. The van der Waals surface area contributed by atoms with Gasteiger partial charge in [-0.3, -0.25) is 14.4 Å². The number of carbonyl (C=O) groups excluding carboxylic acids is 3. The van der Waals surface area contributed by atoms with Crippen molar-refractivity contribution in [2.75, 3.05) is 11.4 Å². The standard InChI is InChI=1S/C31H33NO5/c1-19(2)27-15-8-21(4)16-28(27)37-26-13-11-25(12-14-26)32-18-24(17-29(32)33)31(35)36-22(5)30(34)23-9-6-20(3)7-10-23/h6-16,19,22,24H,17-18H2,1-5H3/t22-,24-/m0/s1. The van der Waals surface area contributed by atoms with Crippen molar-refractivity contribution >= 4 is 23.3 Å². The van der Waals surface area contributed by atoms with Crippen LogP contribution in [-0.2, 0) is 14.3 Å². The largest absolute Gasteiger partial charge is 0.457 e. The molecule has 6 heteroatoms. The molecular formula is C31H33NO5. The van der Waals surface area contributed by atoms with Crippen LogP contribution in [0.3, 0.4) is 0 Å². The molecule has 1 heterocycles. The Morgan fingerprint density at radius 1 is 0.892 bits per heavy atom. The van der Waals surface area contributed by atoms with Gasteiger partial charge in [-0.2, -0.15) is 0 Å². The fourth-order valence-electron chi connectivity index (χ4n) is 4.42. The second-order valence-electron chi connectivity index (χ2n) is 10.0. The monoisotopic (exact) mass is 499 g/mol. The van der Waals surface area contributed by atoms with Crippen LogP contribution in [0.15, 0.2) is 66.7 Å². The van der Waals surface area contributed by atoms with Gasteiger partial charge in [-0.05, 0) is 68.1 Å². The lowest BCUT2D eigenvalue weighted by molar-refractivity contribution is -0.151. The van der Waals surface area contributed by atoms with E-state index < -0.39 is 18.0 Å². The third-order valence-corrected chi connectivity index (χ3v) is 6.62. The Morgan fingerprint density at radius 3 is 2.19 bits per heavy atom. The van der Waals surface area contributed by atoms with E-state index in [0.29, 0.717) is 22.9 Å². The van der Waals surface area contributed by atoms with Gasteiger partial charge < -0.3 is 14.4 Å². The van der Waals surface area contributed by atoms with Gasteiger partial charge in [0.25, 0.3) is 0 Å². The molecule has 6 nitrogen and oxygen atoms in total. The van der Waals surface area contributed by atoms with Crippen LogP contribution in [0.25, 0.3) is 0 Å². The minimum atomic E-state index is -0.923. The molecule has 0 bridgehead atoms. The zero-order valence-electron chi connectivity index (χ0n) is 22.0. The van der Waals surface area contributed by atoms with E-state index in [1.54, 1.807) is 24.0 Å². The number of ketones is 1. The maximum absolute atomic E-state index is 12.8. The number of amides is 1. The maximum atomic E-state index is 12.8. The van der Waals surface area contributed by atoms with Crippen molar-refractivity contribution in [3.8, 4) is 11.5 Å². The average molecular weight is 500 g/mol. The summed E-state index contributed by atoms with van der Waals surface area (Å²) in [5.41, 5.74) is 4.46. The summed E-state index contributed by atoms with van der Waals surface area (Å²) in [5, 5.41) is 0. The number of rotatable bonds is 8. The Hall–Kier alpha value is -3.93. The quantitative estimate of drug-likeness (QED) is 0.265. The van der Waals surface area contributed by atoms with Crippen LogP contribution >= 0.6 is 0 Å². The van der Waals surface area contributed by atoms with Gasteiger partial charge in [0.05, 0.1) is 5.92 Å². The first kappa shape index (κ1) is 26.1. The van der Waals surface area contributed by atoms with Crippen molar-refractivity contribution in [3.63, 3.8) is 0 Å². The van der Waals surface area contributed by atoms with E-state index in [4.69, 9.17) is 9.47 Å². The van der Waals surface area contributed by atoms with Crippen molar-refractivity contribution in [1.29, 1.82) is 0 Å². The van der Waals surface area contributed by atoms with Gasteiger partial charge in [-0.1, -0.05) is 55.8 Å². The van der Waals surface area contributed by atoms with Gasteiger partial charge in [0.15, 0.2) is 6.10 Å². The lowest BCUT2D eigenvalue weighted by Gasteiger charge is -2.19. The first-order valence-corrected chi connectivity index (χ1v) is 12.6. The second kappa shape index (κ2) is 11.0. The first-order chi connectivity index (χ1) is 17.6. The molecule has 1 saturated heterocycles. The van der Waals surface area contributed by atoms with E-state index in [1.807, 2.05) is 56.3 Å². The summed E-state index contributed by atoms with van der Waals surface area (Å²) in [5.74, 6) is 0.221. The van der Waals surface area contributed by atoms with Gasteiger partial charge in [-0.15, -0.1) is 0 Å². The van der Waals surface area contributed by atoms with Crippen molar-refractivity contribution in [2.24, 2.45) is 5.92 Å². The Balaban J connectivity index is 1.39. The molecule has 1 fully saturated rings. The van der Waals surface area contributed by atoms with E-state index in [-0.39, 0.29) is 24.7 Å². The van der Waals surface area contributed by atoms with Crippen LogP contribution in [-0.4, -0.2) is 30.3 Å². The molecule has 0 N–H and O–H groups in total. The lowest BCUT2D eigenvalue weighted by Crippen LogP contribution is -2.30. The highest BCUT2D eigenvalue weighted by atomic mass is 16.5. The predicted molar refractivity (Wildman–Crippen MR) is 143 cm³/mol. The van der Waals surface area contributed by atoms with E-state index in [2.05, 4.69) is 26.0 Å². The molecule has 192 valence electrons. The molecule has 4 rings (SSSR count). The smallest absolute Gasteiger partial charge is 0.312 e. The van der Waals surface area contributed by atoms with E-state index in [0.717, 1.165) is 22.4 Å². The van der Waals surface area contributed by atoms with Gasteiger partial charge >= 0.3 is 5.97 Å². The number of ether oxygens (including phenoxy) is 2. The van der Waals surface area contributed by atoms with Gasteiger partial charge in [0, 0.05) is 24.2 Å². The Morgan fingerprint density at radius 2 is 1.54 bits per heavy atom. The number of aryl methyl sites for hydroxylation is 2. The first-order valence-electron chi connectivity index (χ1n) is 12.6. The molecule has 2 atom stereocenters. The number of benzene rings is 3. The number of anilines is 1. The summed E-state index contributed by atoms with van der Waals surface area (Å²) in [4.78, 5) is 39.7. The molecular weight excluding hydrogens is 466 g/mol. The third-order valence-electron chi connectivity index (χ3n) is 6.62. The summed E-state index contributed by atoms with van der Waals surface area (Å²) in [7, 11) is 0. The maximum Gasteiger partial charge on any atom is 0.312 e. The van der Waals surface area contributed by atoms with Crippen LogP contribution in [0.1, 0.15) is 60.2 Å². The van der Waals surface area contributed by atoms with Crippen molar-refractivity contribution in [2.45, 2.75) is 53.1 Å². The molecule has 0 aliphatic carbocycles. The topological polar surface area (TPSA) is 72.9 Å². The molecule has 3 aromatic rings. The highest BCUT2D eigenvalue weighted by Crippen LogP contribution is 2.33. The van der Waals surface area contributed by atoms with Gasteiger partial charge in [0.2, 0.25) is 11.7 Å². The number of carbonyl (C=O) groups is 3. The van der Waals surface area contributed by atoms with E-state index in [1.165, 1.54) is 0 Å². The molecule has 1 aliphatic rings. The molecule has 0 spiro atoms. The zero-order valence-corrected chi connectivity index (χ0v) is 22.0. The Labute approximate surface area is 218 Å². The summed E-state index contributed by atoms with van der Waals surface area (Å²) in [6.07, 6.45) is -0.878. The summed E-state index contributed by atoms with van der Waals surface area (Å²) in [6, 6.07) is 20.6. The Kier molecular flexibility index (Phi) is 7.77. The lowest BCUT2D eigenvalue weighted by atomic mass is 10.0. The summed E-state index contributed by atoms with van der Waals surface area (Å²) in [6.45, 7) is 9.99. The van der Waals surface area contributed by atoms with E-state index in [9.17, 15) is 14.4 Å². The molecule has 1 amide bonds. The number of Topliss-reactive ketones (excluding diaryl/α,β-unsaturated/α-hetero) is 1. The van der Waals surface area contributed by atoms with E-state index >= 15 is 0 Å². The number of hydrogen-bond acceptors (Lipinski definition) is 5. The molecule has 0 unspecified atom stereocenters. The molecule has 1 aliphatic heterocycles. The fourth-order valence-corrected chi connectivity index (χ4v) is 4.42. The van der Waals surface area contributed by atoms with Crippen molar-refractivity contribution in [1.82, 2.24) is 0 Å². The average Bonchev–Trinajstić information content (AvgIpc) is 3.26.